The fraction of sp³-hybridized carbons (Fsp3) is 0.200. The second-order valence-corrected chi connectivity index (χ2v) is 7.38. The van der Waals surface area contributed by atoms with Crippen molar-refractivity contribution in [3.8, 4) is 17.2 Å². The van der Waals surface area contributed by atoms with E-state index in [1.54, 1.807) is 6.20 Å². The van der Waals surface area contributed by atoms with Crippen LogP contribution in [0.4, 0.5) is 11.5 Å². The zero-order valence-corrected chi connectivity index (χ0v) is 16.7. The molecule has 28 heavy (non-hydrogen) atoms. The number of anilines is 2. The van der Waals surface area contributed by atoms with Gasteiger partial charge in [0, 0.05) is 11.0 Å². The molecule has 0 amide bonds. The molecule has 0 atom stereocenters. The molecule has 0 radical (unpaired) electrons. The quantitative estimate of drug-likeness (QED) is 0.397. The van der Waals surface area contributed by atoms with E-state index in [1.807, 2.05) is 42.5 Å². The van der Waals surface area contributed by atoms with Crippen LogP contribution in [-0.4, -0.2) is 22.6 Å². The topological polar surface area (TPSA) is 94.2 Å². The summed E-state index contributed by atoms with van der Waals surface area (Å²) in [5, 5.41) is 6.48. The first-order chi connectivity index (χ1) is 13.6. The second-order valence-electron chi connectivity index (χ2n) is 6.46. The van der Waals surface area contributed by atoms with E-state index in [9.17, 15) is 4.79 Å². The molecule has 144 valence electrons. The third kappa shape index (κ3) is 3.94. The molecule has 2 aromatic carbocycles. The third-order valence-electron chi connectivity index (χ3n) is 4.41. The number of hydrogen-bond acceptors (Lipinski definition) is 6. The molecular formula is C20H20BrN5O2. The third-order valence-corrected chi connectivity index (χ3v) is 4.90. The van der Waals surface area contributed by atoms with Crippen molar-refractivity contribution in [1.82, 2.24) is 14.9 Å². The molecule has 1 aromatic heterocycles. The van der Waals surface area contributed by atoms with Gasteiger partial charge in [-0.2, -0.15) is 4.98 Å². The van der Waals surface area contributed by atoms with Crippen molar-refractivity contribution >= 4 is 27.4 Å². The monoisotopic (exact) mass is 441 g/mol. The molecule has 4 rings (SSSR count). The van der Waals surface area contributed by atoms with Gasteiger partial charge < -0.3 is 21.1 Å². The number of ether oxygens (including phenoxy) is 1. The van der Waals surface area contributed by atoms with Gasteiger partial charge in [-0.1, -0.05) is 28.1 Å². The van der Waals surface area contributed by atoms with Crippen molar-refractivity contribution in [2.75, 3.05) is 18.4 Å². The summed E-state index contributed by atoms with van der Waals surface area (Å²) in [6.45, 7) is 2.32. The van der Waals surface area contributed by atoms with Crippen LogP contribution in [-0.2, 0) is 6.54 Å². The Morgan fingerprint density at radius 1 is 1.18 bits per heavy atom. The normalized spacial score (nSPS) is 11.9. The highest BCUT2D eigenvalue weighted by Gasteiger charge is 2.20. The first-order valence-electron chi connectivity index (χ1n) is 9.02. The maximum absolute atomic E-state index is 12.5. The Labute approximate surface area is 170 Å². The number of hydrogen-bond donors (Lipinski definition) is 3. The van der Waals surface area contributed by atoms with Gasteiger partial charge in [0.2, 0.25) is 0 Å². The van der Waals surface area contributed by atoms with Crippen LogP contribution in [0.25, 0.3) is 5.69 Å². The minimum Gasteiger partial charge on any atom is -0.450 e. The first kappa shape index (κ1) is 18.7. The zero-order valence-electron chi connectivity index (χ0n) is 15.1. The molecule has 1 aliphatic heterocycles. The van der Waals surface area contributed by atoms with Crippen LogP contribution < -0.4 is 26.8 Å². The fourth-order valence-corrected chi connectivity index (χ4v) is 3.29. The first-order valence-corrected chi connectivity index (χ1v) is 9.81. The van der Waals surface area contributed by atoms with E-state index in [0.717, 1.165) is 40.9 Å². The summed E-state index contributed by atoms with van der Waals surface area (Å²) in [6.07, 6.45) is 2.61. The van der Waals surface area contributed by atoms with Gasteiger partial charge in [0.05, 0.1) is 17.6 Å². The molecular weight excluding hydrogens is 422 g/mol. The van der Waals surface area contributed by atoms with Gasteiger partial charge in [0.25, 0.3) is 0 Å². The Morgan fingerprint density at radius 2 is 2.00 bits per heavy atom. The fourth-order valence-electron chi connectivity index (χ4n) is 2.95. The number of nitrogens with one attached hydrogen (secondary N) is 2. The summed E-state index contributed by atoms with van der Waals surface area (Å²) in [7, 11) is 0. The molecule has 8 heteroatoms. The maximum atomic E-state index is 12.5. The molecule has 0 bridgehead atoms. The molecule has 3 aromatic rings. The standard InChI is InChI=1S/C20H20BrN5O2/c21-14-4-7-16-17(10-14)28-18-12-26(20(27)25-19(18)24-16)15-5-2-13(3-6-15)11-23-9-1-8-22/h2-7,10,12,23H,1,8-9,11,22H2,(H,24,25,27). The predicted octanol–water partition coefficient (Wildman–Crippen LogP) is 3.28. The number of halogens is 1. The number of nitrogens with zero attached hydrogens (tertiary/aromatic N) is 2. The van der Waals surface area contributed by atoms with Crippen molar-refractivity contribution in [1.29, 1.82) is 0 Å². The number of nitrogens with two attached hydrogens (primary N) is 1. The van der Waals surface area contributed by atoms with Gasteiger partial charge >= 0.3 is 5.69 Å². The average molecular weight is 442 g/mol. The molecule has 0 spiro atoms. The highest BCUT2D eigenvalue weighted by Crippen LogP contribution is 2.41. The van der Waals surface area contributed by atoms with Crippen LogP contribution in [0, 0.1) is 0 Å². The van der Waals surface area contributed by atoms with Crippen LogP contribution >= 0.6 is 15.9 Å². The van der Waals surface area contributed by atoms with Gasteiger partial charge in [-0.05, 0) is 55.4 Å². The van der Waals surface area contributed by atoms with Crippen LogP contribution in [0.15, 0.2) is 57.9 Å². The van der Waals surface area contributed by atoms with Gasteiger partial charge in [-0.15, -0.1) is 0 Å². The summed E-state index contributed by atoms with van der Waals surface area (Å²) in [5.41, 5.74) is 7.76. The van der Waals surface area contributed by atoms with Crippen molar-refractivity contribution in [2.45, 2.75) is 13.0 Å². The SMILES string of the molecule is NCCCNCc1ccc(-n2cc3c(nc2=O)Nc2ccc(Br)cc2O3)cc1. The zero-order chi connectivity index (χ0) is 19.5. The van der Waals surface area contributed by atoms with Crippen LogP contribution in [0.1, 0.15) is 12.0 Å². The van der Waals surface area contributed by atoms with E-state index in [0.29, 0.717) is 23.9 Å². The molecule has 4 N–H and O–H groups in total. The molecule has 0 aliphatic carbocycles. The smallest absolute Gasteiger partial charge is 0.354 e. The Kier molecular flexibility index (Phi) is 5.43. The molecule has 2 heterocycles. The van der Waals surface area contributed by atoms with Crippen LogP contribution in [0.5, 0.6) is 11.5 Å². The maximum Gasteiger partial charge on any atom is 0.354 e. The lowest BCUT2D eigenvalue weighted by atomic mass is 10.2. The Hall–Kier alpha value is -2.68. The molecule has 7 nitrogen and oxygen atoms in total. The molecule has 0 unspecified atom stereocenters. The highest BCUT2D eigenvalue weighted by molar-refractivity contribution is 9.10. The van der Waals surface area contributed by atoms with E-state index < -0.39 is 0 Å². The van der Waals surface area contributed by atoms with E-state index in [4.69, 9.17) is 10.5 Å². The number of fused-ring (bicyclic) bond motifs is 2. The van der Waals surface area contributed by atoms with Crippen LogP contribution in [0.3, 0.4) is 0 Å². The summed E-state index contributed by atoms with van der Waals surface area (Å²) < 4.78 is 8.33. The van der Waals surface area contributed by atoms with Gasteiger partial charge in [-0.3, -0.25) is 4.57 Å². The minimum absolute atomic E-state index is 0.371. The largest absolute Gasteiger partial charge is 0.450 e. The van der Waals surface area contributed by atoms with E-state index in [1.165, 1.54) is 4.57 Å². The highest BCUT2D eigenvalue weighted by atomic mass is 79.9. The summed E-state index contributed by atoms with van der Waals surface area (Å²) in [6, 6.07) is 13.4. The summed E-state index contributed by atoms with van der Waals surface area (Å²) >= 11 is 3.44. The molecule has 1 aliphatic rings. The lowest BCUT2D eigenvalue weighted by molar-refractivity contribution is 0.472. The number of rotatable bonds is 6. The second kappa shape index (κ2) is 8.14. The summed E-state index contributed by atoms with van der Waals surface area (Å²) in [4.78, 5) is 16.7. The number of benzene rings is 2. The van der Waals surface area contributed by atoms with Gasteiger partial charge in [0.15, 0.2) is 17.3 Å². The molecule has 0 saturated carbocycles. The van der Waals surface area contributed by atoms with Crippen molar-refractivity contribution in [3.05, 3.63) is 69.2 Å². The van der Waals surface area contributed by atoms with Crippen molar-refractivity contribution in [3.63, 3.8) is 0 Å². The predicted molar refractivity (Wildman–Crippen MR) is 113 cm³/mol. The van der Waals surface area contributed by atoms with E-state index >= 15 is 0 Å². The minimum atomic E-state index is -0.371. The summed E-state index contributed by atoms with van der Waals surface area (Å²) in [5.74, 6) is 1.59. The lowest BCUT2D eigenvalue weighted by Gasteiger charge is -2.21. The Morgan fingerprint density at radius 3 is 2.79 bits per heavy atom. The molecule has 0 fully saturated rings. The van der Waals surface area contributed by atoms with Gasteiger partial charge in [-0.25, -0.2) is 4.79 Å². The van der Waals surface area contributed by atoms with Crippen molar-refractivity contribution < 1.29 is 4.74 Å². The van der Waals surface area contributed by atoms with Crippen LogP contribution in [0.2, 0.25) is 0 Å². The Bertz CT molecular complexity index is 1050. The van der Waals surface area contributed by atoms with Crippen molar-refractivity contribution in [2.24, 2.45) is 5.73 Å². The Balaban J connectivity index is 1.56. The van der Waals surface area contributed by atoms with E-state index in [-0.39, 0.29) is 5.69 Å². The van der Waals surface area contributed by atoms with Gasteiger partial charge in [0.1, 0.15) is 0 Å². The average Bonchev–Trinajstić information content (AvgIpc) is 2.70. The van der Waals surface area contributed by atoms with E-state index in [2.05, 4.69) is 31.5 Å². The molecule has 0 saturated heterocycles. The number of aromatic nitrogens is 2. The lowest BCUT2D eigenvalue weighted by Crippen LogP contribution is -2.23.